The smallest absolute Gasteiger partial charge is 0.223 e. The predicted molar refractivity (Wildman–Crippen MR) is 109 cm³/mol. The van der Waals surface area contributed by atoms with Crippen molar-refractivity contribution in [1.29, 1.82) is 0 Å². The first kappa shape index (κ1) is 18.2. The van der Waals surface area contributed by atoms with E-state index in [0.717, 1.165) is 31.8 Å². The van der Waals surface area contributed by atoms with E-state index < -0.39 is 0 Å². The molecule has 1 heterocycles. The number of nitrogens with zero attached hydrogens (tertiary/aromatic N) is 1. The van der Waals surface area contributed by atoms with Gasteiger partial charge < -0.3 is 5.32 Å². The van der Waals surface area contributed by atoms with Crippen LogP contribution in [0.3, 0.4) is 0 Å². The minimum Gasteiger partial charge on any atom is -0.353 e. The van der Waals surface area contributed by atoms with Crippen LogP contribution in [0.1, 0.15) is 30.9 Å². The van der Waals surface area contributed by atoms with E-state index in [9.17, 15) is 4.79 Å². The van der Waals surface area contributed by atoms with E-state index in [1.807, 2.05) is 25.1 Å². The molecule has 0 spiro atoms. The summed E-state index contributed by atoms with van der Waals surface area (Å²) in [6.45, 7) is 5.35. The van der Waals surface area contributed by atoms with Gasteiger partial charge in [0.2, 0.25) is 5.91 Å². The number of hydrogen-bond donors (Lipinski definition) is 1. The molecule has 3 nitrogen and oxygen atoms in total. The lowest BCUT2D eigenvalue weighted by molar-refractivity contribution is -0.125. The monoisotopic (exact) mass is 362 g/mol. The normalized spacial score (nSPS) is 25.9. The number of amides is 1. The van der Waals surface area contributed by atoms with E-state index in [2.05, 4.69) is 52.7 Å². The van der Waals surface area contributed by atoms with Crippen LogP contribution in [0.25, 0.3) is 0 Å². The number of benzene rings is 2. The van der Waals surface area contributed by atoms with Gasteiger partial charge in [-0.15, -0.1) is 0 Å². The SMILES string of the molecule is CC(Cc1ccccc1)C(=O)N[C@H]1CC[C@@H]2CN(Cc3ccccc3)C[C@@H]21. The Balaban J connectivity index is 1.30. The molecule has 1 unspecified atom stereocenters. The second-order valence-electron chi connectivity index (χ2n) is 8.39. The number of nitrogens with one attached hydrogen (secondary N) is 1. The highest BCUT2D eigenvalue weighted by molar-refractivity contribution is 5.79. The Morgan fingerprint density at radius 2 is 1.67 bits per heavy atom. The van der Waals surface area contributed by atoms with Crippen molar-refractivity contribution in [1.82, 2.24) is 10.2 Å². The molecular formula is C24H30N2O. The van der Waals surface area contributed by atoms with Crippen LogP contribution in [0.2, 0.25) is 0 Å². The summed E-state index contributed by atoms with van der Waals surface area (Å²) < 4.78 is 0. The standard InChI is InChI=1S/C24H30N2O/c1-18(14-19-8-4-2-5-9-19)24(27)25-23-13-12-21-16-26(17-22(21)23)15-20-10-6-3-7-11-20/h2-11,18,21-23H,12-17H2,1H3,(H,25,27)/t18?,21-,22+,23+/m1/s1. The minimum atomic E-state index is 0.0216. The molecule has 1 N–H and O–H groups in total. The molecule has 3 heteroatoms. The van der Waals surface area contributed by atoms with Crippen molar-refractivity contribution >= 4 is 5.91 Å². The van der Waals surface area contributed by atoms with Crippen molar-refractivity contribution in [3.63, 3.8) is 0 Å². The Kier molecular flexibility index (Phi) is 5.58. The zero-order chi connectivity index (χ0) is 18.6. The molecule has 1 aliphatic carbocycles. The molecule has 2 aliphatic rings. The number of hydrogen-bond acceptors (Lipinski definition) is 2. The summed E-state index contributed by atoms with van der Waals surface area (Å²) in [5.41, 5.74) is 2.62. The van der Waals surface area contributed by atoms with Gasteiger partial charge in [-0.1, -0.05) is 67.6 Å². The molecule has 2 aromatic carbocycles. The molecular weight excluding hydrogens is 332 g/mol. The summed E-state index contributed by atoms with van der Waals surface area (Å²) in [7, 11) is 0. The van der Waals surface area contributed by atoms with Crippen molar-refractivity contribution in [2.75, 3.05) is 13.1 Å². The topological polar surface area (TPSA) is 32.3 Å². The van der Waals surface area contributed by atoms with E-state index in [1.54, 1.807) is 0 Å². The molecule has 1 saturated heterocycles. The lowest BCUT2D eigenvalue weighted by atomic mass is 9.96. The summed E-state index contributed by atoms with van der Waals surface area (Å²) in [5.74, 6) is 1.59. The second kappa shape index (κ2) is 8.26. The van der Waals surface area contributed by atoms with Crippen molar-refractivity contribution in [2.45, 2.75) is 38.8 Å². The maximum atomic E-state index is 12.7. The summed E-state index contributed by atoms with van der Waals surface area (Å²) in [5, 5.41) is 3.39. The molecule has 1 amide bonds. The Morgan fingerprint density at radius 1 is 1.00 bits per heavy atom. The Hall–Kier alpha value is -2.13. The van der Waals surface area contributed by atoms with Crippen LogP contribution in [0, 0.1) is 17.8 Å². The van der Waals surface area contributed by atoms with Gasteiger partial charge in [0.15, 0.2) is 0 Å². The fourth-order valence-electron chi connectivity index (χ4n) is 4.89. The zero-order valence-electron chi connectivity index (χ0n) is 16.2. The van der Waals surface area contributed by atoms with E-state index in [0.29, 0.717) is 12.0 Å². The van der Waals surface area contributed by atoms with Gasteiger partial charge in [0.25, 0.3) is 0 Å². The zero-order valence-corrected chi connectivity index (χ0v) is 16.2. The third-order valence-electron chi connectivity index (χ3n) is 6.34. The second-order valence-corrected chi connectivity index (χ2v) is 8.39. The van der Waals surface area contributed by atoms with Crippen molar-refractivity contribution in [2.24, 2.45) is 17.8 Å². The fraction of sp³-hybridized carbons (Fsp3) is 0.458. The highest BCUT2D eigenvalue weighted by Crippen LogP contribution is 2.38. The summed E-state index contributed by atoms with van der Waals surface area (Å²) in [4.78, 5) is 15.3. The van der Waals surface area contributed by atoms with Crippen molar-refractivity contribution in [3.8, 4) is 0 Å². The quantitative estimate of drug-likeness (QED) is 0.845. The molecule has 0 radical (unpaired) electrons. The molecule has 2 fully saturated rings. The van der Waals surface area contributed by atoms with E-state index >= 15 is 0 Å². The summed E-state index contributed by atoms with van der Waals surface area (Å²) in [6, 6.07) is 21.4. The molecule has 27 heavy (non-hydrogen) atoms. The first-order chi connectivity index (χ1) is 13.2. The van der Waals surface area contributed by atoms with Gasteiger partial charge in [0, 0.05) is 31.6 Å². The molecule has 1 aliphatic heterocycles. The van der Waals surface area contributed by atoms with Crippen LogP contribution in [0.4, 0.5) is 0 Å². The van der Waals surface area contributed by atoms with Gasteiger partial charge >= 0.3 is 0 Å². The molecule has 142 valence electrons. The summed E-state index contributed by atoms with van der Waals surface area (Å²) in [6.07, 6.45) is 3.19. The molecule has 4 rings (SSSR count). The van der Waals surface area contributed by atoms with Gasteiger partial charge in [0.05, 0.1) is 0 Å². The predicted octanol–water partition coefficient (Wildman–Crippen LogP) is 3.89. The third-order valence-corrected chi connectivity index (χ3v) is 6.34. The van der Waals surface area contributed by atoms with Gasteiger partial charge in [-0.2, -0.15) is 0 Å². The van der Waals surface area contributed by atoms with Crippen LogP contribution >= 0.6 is 0 Å². The van der Waals surface area contributed by atoms with E-state index in [1.165, 1.54) is 24.1 Å². The van der Waals surface area contributed by atoms with Crippen LogP contribution < -0.4 is 5.32 Å². The highest BCUT2D eigenvalue weighted by Gasteiger charge is 2.43. The number of likely N-dealkylation sites (tertiary alicyclic amines) is 1. The maximum Gasteiger partial charge on any atom is 0.223 e. The average Bonchev–Trinajstić information content (AvgIpc) is 3.24. The first-order valence-corrected chi connectivity index (χ1v) is 10.3. The molecule has 0 bridgehead atoms. The molecule has 1 saturated carbocycles. The Labute approximate surface area is 162 Å². The van der Waals surface area contributed by atoms with Crippen molar-refractivity contribution < 1.29 is 4.79 Å². The maximum absolute atomic E-state index is 12.7. The van der Waals surface area contributed by atoms with Crippen molar-refractivity contribution in [3.05, 3.63) is 71.8 Å². The van der Waals surface area contributed by atoms with Crippen LogP contribution in [-0.4, -0.2) is 29.9 Å². The average molecular weight is 363 g/mol. The Bertz CT molecular complexity index is 745. The van der Waals surface area contributed by atoms with Crippen LogP contribution in [-0.2, 0) is 17.8 Å². The first-order valence-electron chi connectivity index (χ1n) is 10.3. The van der Waals surface area contributed by atoms with Gasteiger partial charge in [-0.05, 0) is 42.2 Å². The third kappa shape index (κ3) is 4.41. The van der Waals surface area contributed by atoms with Gasteiger partial charge in [-0.3, -0.25) is 9.69 Å². The largest absolute Gasteiger partial charge is 0.353 e. The summed E-state index contributed by atoms with van der Waals surface area (Å²) >= 11 is 0. The van der Waals surface area contributed by atoms with Gasteiger partial charge in [-0.25, -0.2) is 0 Å². The van der Waals surface area contributed by atoms with Gasteiger partial charge in [0.1, 0.15) is 0 Å². The number of fused-ring (bicyclic) bond motifs is 1. The Morgan fingerprint density at radius 3 is 2.37 bits per heavy atom. The van der Waals surface area contributed by atoms with Crippen LogP contribution in [0.5, 0.6) is 0 Å². The number of carbonyl (C=O) groups is 1. The number of carbonyl (C=O) groups excluding carboxylic acids is 1. The van der Waals surface area contributed by atoms with E-state index in [4.69, 9.17) is 0 Å². The fourth-order valence-corrected chi connectivity index (χ4v) is 4.89. The lowest BCUT2D eigenvalue weighted by Crippen LogP contribution is -2.42. The molecule has 0 aromatic heterocycles. The van der Waals surface area contributed by atoms with Crippen LogP contribution in [0.15, 0.2) is 60.7 Å². The number of rotatable bonds is 6. The molecule has 2 aromatic rings. The minimum absolute atomic E-state index is 0.0216. The highest BCUT2D eigenvalue weighted by atomic mass is 16.1. The lowest BCUT2D eigenvalue weighted by Gasteiger charge is -2.23. The molecule has 4 atom stereocenters. The van der Waals surface area contributed by atoms with E-state index in [-0.39, 0.29) is 11.8 Å².